The lowest BCUT2D eigenvalue weighted by atomic mass is 9.93. The van der Waals surface area contributed by atoms with Gasteiger partial charge in [0.15, 0.2) is 11.5 Å². The fourth-order valence-corrected chi connectivity index (χ4v) is 2.70. The van der Waals surface area contributed by atoms with Gasteiger partial charge in [-0.3, -0.25) is 0 Å². The van der Waals surface area contributed by atoms with Gasteiger partial charge in [-0.25, -0.2) is 0 Å². The second-order valence-electron chi connectivity index (χ2n) is 5.25. The Morgan fingerprint density at radius 3 is 2.50 bits per heavy atom. The first-order valence-corrected chi connectivity index (χ1v) is 7.35. The number of aliphatic hydroxyl groups is 1. The molecule has 110 valence electrons. The number of aliphatic hydroxyl groups excluding tert-OH is 1. The molecule has 0 amide bonds. The number of methoxy groups -OCH3 is 2. The standard InChI is InChI=1S/C17H24O3/c1-19-15-11-10-14(12-16(15)20-2)17(18)13-8-6-4-3-5-7-9-13/h8,10-12,17-18H,3-7,9H2,1-2H3/b13-8+. The number of hydrogen-bond donors (Lipinski definition) is 1. The van der Waals surface area contributed by atoms with E-state index in [2.05, 4.69) is 6.08 Å². The summed E-state index contributed by atoms with van der Waals surface area (Å²) in [5.74, 6) is 1.35. The van der Waals surface area contributed by atoms with Gasteiger partial charge in [0.05, 0.1) is 14.2 Å². The average molecular weight is 276 g/mol. The van der Waals surface area contributed by atoms with Gasteiger partial charge in [0, 0.05) is 0 Å². The number of allylic oxidation sites excluding steroid dienone is 1. The zero-order chi connectivity index (χ0) is 14.4. The largest absolute Gasteiger partial charge is 0.493 e. The molecule has 1 unspecified atom stereocenters. The number of hydrogen-bond acceptors (Lipinski definition) is 3. The van der Waals surface area contributed by atoms with Crippen LogP contribution in [0.2, 0.25) is 0 Å². The lowest BCUT2D eigenvalue weighted by molar-refractivity contribution is 0.208. The van der Waals surface area contributed by atoms with Crippen LogP contribution in [0.4, 0.5) is 0 Å². The Bertz CT molecular complexity index is 465. The van der Waals surface area contributed by atoms with E-state index < -0.39 is 6.10 Å². The van der Waals surface area contributed by atoms with Gasteiger partial charge in [-0.05, 0) is 49.0 Å². The van der Waals surface area contributed by atoms with Crippen molar-refractivity contribution in [1.29, 1.82) is 0 Å². The summed E-state index contributed by atoms with van der Waals surface area (Å²) < 4.78 is 10.5. The van der Waals surface area contributed by atoms with Crippen molar-refractivity contribution in [3.05, 3.63) is 35.4 Å². The molecule has 1 N–H and O–H groups in total. The minimum Gasteiger partial charge on any atom is -0.493 e. The quantitative estimate of drug-likeness (QED) is 0.844. The van der Waals surface area contributed by atoms with Crippen molar-refractivity contribution >= 4 is 0 Å². The van der Waals surface area contributed by atoms with Crippen molar-refractivity contribution < 1.29 is 14.6 Å². The van der Waals surface area contributed by atoms with E-state index >= 15 is 0 Å². The molecule has 1 atom stereocenters. The molecule has 1 aliphatic carbocycles. The molecule has 0 aliphatic heterocycles. The summed E-state index contributed by atoms with van der Waals surface area (Å²) in [7, 11) is 3.23. The van der Waals surface area contributed by atoms with Crippen LogP contribution in [0.3, 0.4) is 0 Å². The maximum atomic E-state index is 10.6. The Morgan fingerprint density at radius 1 is 1.00 bits per heavy atom. The third-order valence-corrected chi connectivity index (χ3v) is 3.90. The zero-order valence-electron chi connectivity index (χ0n) is 12.4. The molecule has 0 saturated heterocycles. The maximum Gasteiger partial charge on any atom is 0.161 e. The van der Waals surface area contributed by atoms with E-state index in [1.807, 2.05) is 18.2 Å². The first-order valence-electron chi connectivity index (χ1n) is 7.35. The van der Waals surface area contributed by atoms with Gasteiger partial charge in [0.1, 0.15) is 6.10 Å². The predicted octanol–water partition coefficient (Wildman–Crippen LogP) is 4.02. The Morgan fingerprint density at radius 2 is 1.75 bits per heavy atom. The molecule has 0 saturated carbocycles. The van der Waals surface area contributed by atoms with Crippen molar-refractivity contribution in [2.45, 2.75) is 44.6 Å². The summed E-state index contributed by atoms with van der Waals surface area (Å²) in [6.45, 7) is 0. The molecular weight excluding hydrogens is 252 g/mol. The molecule has 1 aromatic rings. The first-order chi connectivity index (χ1) is 9.76. The van der Waals surface area contributed by atoms with Crippen LogP contribution in [0, 0.1) is 0 Å². The average Bonchev–Trinajstić information content (AvgIpc) is 2.45. The first kappa shape index (κ1) is 14.9. The van der Waals surface area contributed by atoms with Gasteiger partial charge in [-0.1, -0.05) is 25.0 Å². The van der Waals surface area contributed by atoms with Crippen molar-refractivity contribution in [1.82, 2.24) is 0 Å². The van der Waals surface area contributed by atoms with Crippen molar-refractivity contribution in [2.24, 2.45) is 0 Å². The molecule has 0 aromatic heterocycles. The normalized spacial score (nSPS) is 20.2. The molecule has 0 radical (unpaired) electrons. The number of benzene rings is 1. The summed E-state index contributed by atoms with van der Waals surface area (Å²) >= 11 is 0. The molecule has 0 bridgehead atoms. The summed E-state index contributed by atoms with van der Waals surface area (Å²) in [6, 6.07) is 5.62. The third-order valence-electron chi connectivity index (χ3n) is 3.90. The van der Waals surface area contributed by atoms with E-state index in [9.17, 15) is 5.11 Å². The highest BCUT2D eigenvalue weighted by molar-refractivity contribution is 5.44. The minimum atomic E-state index is -0.534. The van der Waals surface area contributed by atoms with E-state index in [0.717, 1.165) is 30.4 Å². The molecule has 1 aromatic carbocycles. The Kier molecular flexibility index (Phi) is 5.48. The van der Waals surface area contributed by atoms with Gasteiger partial charge < -0.3 is 14.6 Å². The van der Waals surface area contributed by atoms with E-state index in [1.165, 1.54) is 19.3 Å². The zero-order valence-corrected chi connectivity index (χ0v) is 12.4. The minimum absolute atomic E-state index is 0.534. The van der Waals surface area contributed by atoms with Crippen LogP contribution in [0.5, 0.6) is 11.5 Å². The monoisotopic (exact) mass is 276 g/mol. The maximum absolute atomic E-state index is 10.6. The van der Waals surface area contributed by atoms with Crippen molar-refractivity contribution in [2.75, 3.05) is 14.2 Å². The van der Waals surface area contributed by atoms with Crippen LogP contribution in [0.15, 0.2) is 29.8 Å². The molecule has 3 heteroatoms. The summed E-state index contributed by atoms with van der Waals surface area (Å²) in [5.41, 5.74) is 2.01. The topological polar surface area (TPSA) is 38.7 Å². The van der Waals surface area contributed by atoms with Crippen LogP contribution >= 0.6 is 0 Å². The lowest BCUT2D eigenvalue weighted by Gasteiger charge is -2.19. The third kappa shape index (κ3) is 3.54. The van der Waals surface area contributed by atoms with Gasteiger partial charge in [0.2, 0.25) is 0 Å². The molecule has 0 heterocycles. The number of ether oxygens (including phenoxy) is 2. The van der Waals surface area contributed by atoms with Crippen LogP contribution in [0.25, 0.3) is 0 Å². The fraction of sp³-hybridized carbons (Fsp3) is 0.529. The molecule has 0 spiro atoms. The van der Waals surface area contributed by atoms with Crippen molar-refractivity contribution in [3.8, 4) is 11.5 Å². The van der Waals surface area contributed by atoms with Gasteiger partial charge >= 0.3 is 0 Å². The Balaban J connectivity index is 2.20. The second-order valence-corrected chi connectivity index (χ2v) is 5.25. The number of rotatable bonds is 4. The van der Waals surface area contributed by atoms with Crippen molar-refractivity contribution in [3.63, 3.8) is 0 Å². The Hall–Kier alpha value is -1.48. The van der Waals surface area contributed by atoms with Gasteiger partial charge in [0.25, 0.3) is 0 Å². The van der Waals surface area contributed by atoms with Crippen LogP contribution in [-0.4, -0.2) is 19.3 Å². The highest BCUT2D eigenvalue weighted by atomic mass is 16.5. The van der Waals surface area contributed by atoms with E-state index in [-0.39, 0.29) is 0 Å². The highest BCUT2D eigenvalue weighted by Crippen LogP contribution is 2.34. The highest BCUT2D eigenvalue weighted by Gasteiger charge is 2.16. The molecule has 2 rings (SSSR count). The van der Waals surface area contributed by atoms with Crippen LogP contribution in [-0.2, 0) is 0 Å². The van der Waals surface area contributed by atoms with Gasteiger partial charge in [-0.15, -0.1) is 0 Å². The van der Waals surface area contributed by atoms with Crippen LogP contribution < -0.4 is 9.47 Å². The summed E-state index contributed by atoms with van der Waals surface area (Å²) in [6.07, 6.45) is 8.67. The molecular formula is C17H24O3. The molecule has 20 heavy (non-hydrogen) atoms. The predicted molar refractivity (Wildman–Crippen MR) is 80.3 cm³/mol. The molecule has 0 fully saturated rings. The SMILES string of the molecule is COc1ccc(C(O)/C2=C/CCCCCC2)cc1OC. The summed E-state index contributed by atoms with van der Waals surface area (Å²) in [5, 5.41) is 10.6. The molecule has 1 aliphatic rings. The molecule has 3 nitrogen and oxygen atoms in total. The lowest BCUT2D eigenvalue weighted by Crippen LogP contribution is -2.04. The smallest absolute Gasteiger partial charge is 0.161 e. The van der Waals surface area contributed by atoms with Crippen LogP contribution in [0.1, 0.15) is 50.2 Å². The van der Waals surface area contributed by atoms with Gasteiger partial charge in [-0.2, -0.15) is 0 Å². The fourth-order valence-electron chi connectivity index (χ4n) is 2.70. The Labute approximate surface area is 121 Å². The van der Waals surface area contributed by atoms with E-state index in [4.69, 9.17) is 9.47 Å². The summed E-state index contributed by atoms with van der Waals surface area (Å²) in [4.78, 5) is 0. The van der Waals surface area contributed by atoms with E-state index in [0.29, 0.717) is 11.5 Å². The van der Waals surface area contributed by atoms with E-state index in [1.54, 1.807) is 14.2 Å². The second kappa shape index (κ2) is 7.34.